The maximum absolute atomic E-state index is 12.1. The molecular formula is C19H23N3OS. The van der Waals surface area contributed by atoms with Crippen LogP contribution in [0.4, 0.5) is 11.4 Å². The summed E-state index contributed by atoms with van der Waals surface area (Å²) in [6, 6.07) is 10.2. The van der Waals surface area contributed by atoms with Gasteiger partial charge in [0.2, 0.25) is 5.91 Å². The molecule has 24 heavy (non-hydrogen) atoms. The van der Waals surface area contributed by atoms with Gasteiger partial charge in [0.15, 0.2) is 0 Å². The molecule has 0 atom stereocenters. The van der Waals surface area contributed by atoms with Crippen molar-refractivity contribution in [2.45, 2.75) is 6.92 Å². The van der Waals surface area contributed by atoms with Gasteiger partial charge < -0.3 is 15.1 Å². The molecule has 3 rings (SSSR count). The molecule has 1 fully saturated rings. The number of hydrogen-bond acceptors (Lipinski definition) is 4. The fourth-order valence-electron chi connectivity index (χ4n) is 2.77. The van der Waals surface area contributed by atoms with Gasteiger partial charge in [-0.3, -0.25) is 4.79 Å². The van der Waals surface area contributed by atoms with Crippen molar-refractivity contribution < 1.29 is 4.79 Å². The molecule has 0 bridgehead atoms. The van der Waals surface area contributed by atoms with Crippen LogP contribution in [0.2, 0.25) is 0 Å². The summed E-state index contributed by atoms with van der Waals surface area (Å²) < 4.78 is 0. The highest BCUT2D eigenvalue weighted by Crippen LogP contribution is 2.23. The minimum atomic E-state index is -0.0983. The zero-order valence-corrected chi connectivity index (χ0v) is 15.0. The van der Waals surface area contributed by atoms with Gasteiger partial charge in [0.1, 0.15) is 0 Å². The second-order valence-corrected chi connectivity index (χ2v) is 7.11. The molecule has 1 saturated heterocycles. The van der Waals surface area contributed by atoms with E-state index in [1.165, 1.54) is 5.69 Å². The van der Waals surface area contributed by atoms with Crippen molar-refractivity contribution in [3.63, 3.8) is 0 Å². The van der Waals surface area contributed by atoms with Crippen molar-refractivity contribution >= 4 is 34.7 Å². The van der Waals surface area contributed by atoms with Crippen molar-refractivity contribution in [1.82, 2.24) is 4.90 Å². The zero-order chi connectivity index (χ0) is 16.9. The van der Waals surface area contributed by atoms with E-state index in [4.69, 9.17) is 0 Å². The SMILES string of the molecule is Cc1cc(N2CCN(C)CC2)ccc1NC(=O)/C=C/c1cccs1. The first-order chi connectivity index (χ1) is 11.6. The predicted molar refractivity (Wildman–Crippen MR) is 103 cm³/mol. The molecule has 0 radical (unpaired) electrons. The van der Waals surface area contributed by atoms with Crippen molar-refractivity contribution in [3.05, 3.63) is 52.2 Å². The van der Waals surface area contributed by atoms with Crippen molar-refractivity contribution in [2.75, 3.05) is 43.4 Å². The van der Waals surface area contributed by atoms with Crippen LogP contribution in [0, 0.1) is 6.92 Å². The number of piperazine rings is 1. The van der Waals surface area contributed by atoms with Crippen LogP contribution in [0.25, 0.3) is 6.08 Å². The summed E-state index contributed by atoms with van der Waals surface area (Å²) in [4.78, 5) is 17.9. The number of likely N-dealkylation sites (N-methyl/N-ethyl adjacent to an activating group) is 1. The first kappa shape index (κ1) is 16.7. The highest BCUT2D eigenvalue weighted by Gasteiger charge is 2.15. The van der Waals surface area contributed by atoms with E-state index in [9.17, 15) is 4.79 Å². The third-order valence-corrected chi connectivity index (χ3v) is 5.12. The maximum atomic E-state index is 12.1. The van der Waals surface area contributed by atoms with Gasteiger partial charge >= 0.3 is 0 Å². The molecule has 126 valence electrons. The Morgan fingerprint density at radius 3 is 2.67 bits per heavy atom. The number of rotatable bonds is 4. The first-order valence-corrected chi connectivity index (χ1v) is 9.06. The van der Waals surface area contributed by atoms with Gasteiger partial charge in [0.05, 0.1) is 0 Å². The standard InChI is InChI=1S/C19H23N3OS/c1-15-14-16(22-11-9-21(2)10-12-22)5-7-18(15)20-19(23)8-6-17-4-3-13-24-17/h3-8,13-14H,9-12H2,1-2H3,(H,20,23)/b8-6+. The first-order valence-electron chi connectivity index (χ1n) is 8.18. The summed E-state index contributed by atoms with van der Waals surface area (Å²) in [7, 11) is 2.16. The molecule has 0 saturated carbocycles. The lowest BCUT2D eigenvalue weighted by Crippen LogP contribution is -2.44. The van der Waals surface area contributed by atoms with E-state index in [0.29, 0.717) is 0 Å². The van der Waals surface area contributed by atoms with Gasteiger partial charge in [-0.2, -0.15) is 0 Å². The summed E-state index contributed by atoms with van der Waals surface area (Å²) in [5.74, 6) is -0.0983. The molecule has 2 heterocycles. The highest BCUT2D eigenvalue weighted by atomic mass is 32.1. The minimum Gasteiger partial charge on any atom is -0.369 e. The van der Waals surface area contributed by atoms with E-state index < -0.39 is 0 Å². The fourth-order valence-corrected chi connectivity index (χ4v) is 3.39. The third-order valence-electron chi connectivity index (χ3n) is 4.28. The number of aryl methyl sites for hydroxylation is 1. The van der Waals surface area contributed by atoms with Gasteiger partial charge in [0.25, 0.3) is 0 Å². The van der Waals surface area contributed by atoms with Crippen LogP contribution in [-0.4, -0.2) is 44.0 Å². The molecule has 1 aromatic carbocycles. The molecule has 4 nitrogen and oxygen atoms in total. The minimum absolute atomic E-state index is 0.0983. The fraction of sp³-hybridized carbons (Fsp3) is 0.316. The van der Waals surface area contributed by atoms with E-state index in [1.54, 1.807) is 17.4 Å². The Bertz CT molecular complexity index is 716. The Kier molecular flexibility index (Phi) is 5.33. The average Bonchev–Trinajstić information content (AvgIpc) is 3.09. The van der Waals surface area contributed by atoms with Gasteiger partial charge in [-0.1, -0.05) is 6.07 Å². The number of nitrogens with one attached hydrogen (secondary N) is 1. The number of carbonyl (C=O) groups excluding carboxylic acids is 1. The van der Waals surface area contributed by atoms with Crippen molar-refractivity contribution in [3.8, 4) is 0 Å². The summed E-state index contributed by atoms with van der Waals surface area (Å²) in [5.41, 5.74) is 3.19. The topological polar surface area (TPSA) is 35.6 Å². The molecule has 1 aliphatic heterocycles. The van der Waals surface area contributed by atoms with E-state index in [-0.39, 0.29) is 5.91 Å². The van der Waals surface area contributed by atoms with Crippen LogP contribution in [0.15, 0.2) is 41.8 Å². The van der Waals surface area contributed by atoms with E-state index >= 15 is 0 Å². The van der Waals surface area contributed by atoms with E-state index in [2.05, 4.69) is 34.3 Å². The average molecular weight is 341 g/mol. The van der Waals surface area contributed by atoms with Crippen LogP contribution in [0.5, 0.6) is 0 Å². The molecule has 0 unspecified atom stereocenters. The number of carbonyl (C=O) groups is 1. The van der Waals surface area contributed by atoms with Crippen LogP contribution in [0.1, 0.15) is 10.4 Å². The van der Waals surface area contributed by atoms with Gasteiger partial charge in [-0.05, 0) is 55.3 Å². The molecule has 0 spiro atoms. The lowest BCUT2D eigenvalue weighted by molar-refractivity contribution is -0.111. The van der Waals surface area contributed by atoms with Crippen LogP contribution in [0.3, 0.4) is 0 Å². The number of benzene rings is 1. The number of amides is 1. The third kappa shape index (κ3) is 4.24. The Morgan fingerprint density at radius 2 is 2.00 bits per heavy atom. The van der Waals surface area contributed by atoms with Gasteiger partial charge in [-0.15, -0.1) is 11.3 Å². The molecule has 0 aliphatic carbocycles. The second kappa shape index (κ2) is 7.64. The smallest absolute Gasteiger partial charge is 0.248 e. The van der Waals surface area contributed by atoms with Gasteiger partial charge in [-0.25, -0.2) is 0 Å². The maximum Gasteiger partial charge on any atom is 0.248 e. The monoisotopic (exact) mass is 341 g/mol. The largest absolute Gasteiger partial charge is 0.369 e. The Hall–Kier alpha value is -2.11. The number of anilines is 2. The van der Waals surface area contributed by atoms with Crippen molar-refractivity contribution in [2.24, 2.45) is 0 Å². The molecule has 1 aromatic heterocycles. The Labute approximate surface area is 147 Å². The molecule has 2 aromatic rings. The van der Waals surface area contributed by atoms with E-state index in [0.717, 1.165) is 42.3 Å². The Balaban J connectivity index is 1.63. The molecule has 1 amide bonds. The quantitative estimate of drug-likeness (QED) is 0.865. The second-order valence-electron chi connectivity index (χ2n) is 6.13. The molecule has 5 heteroatoms. The highest BCUT2D eigenvalue weighted by molar-refractivity contribution is 7.10. The summed E-state index contributed by atoms with van der Waals surface area (Å²) in [6.45, 7) is 6.31. The zero-order valence-electron chi connectivity index (χ0n) is 14.2. The van der Waals surface area contributed by atoms with Crippen LogP contribution >= 0.6 is 11.3 Å². The summed E-state index contributed by atoms with van der Waals surface area (Å²) >= 11 is 1.62. The normalized spacial score (nSPS) is 15.8. The molecular weight excluding hydrogens is 318 g/mol. The number of nitrogens with zero attached hydrogens (tertiary/aromatic N) is 2. The summed E-state index contributed by atoms with van der Waals surface area (Å²) in [6.07, 6.45) is 3.42. The summed E-state index contributed by atoms with van der Waals surface area (Å²) in [5, 5.41) is 4.96. The predicted octanol–water partition coefficient (Wildman–Crippen LogP) is 3.46. The number of hydrogen-bond donors (Lipinski definition) is 1. The molecule has 1 N–H and O–H groups in total. The lowest BCUT2D eigenvalue weighted by Gasteiger charge is -2.34. The van der Waals surface area contributed by atoms with Crippen LogP contribution in [-0.2, 0) is 4.79 Å². The number of thiophene rings is 1. The molecule has 1 aliphatic rings. The Morgan fingerprint density at radius 1 is 1.21 bits per heavy atom. The van der Waals surface area contributed by atoms with E-state index in [1.807, 2.05) is 36.6 Å². The van der Waals surface area contributed by atoms with Crippen LogP contribution < -0.4 is 10.2 Å². The lowest BCUT2D eigenvalue weighted by atomic mass is 10.1. The van der Waals surface area contributed by atoms with Crippen molar-refractivity contribution in [1.29, 1.82) is 0 Å². The van der Waals surface area contributed by atoms with Gasteiger partial charge in [0, 0.05) is 48.5 Å².